The molecule has 0 aliphatic rings. The molecular formula is C14H18N2O5. The van der Waals surface area contributed by atoms with Gasteiger partial charge in [0.15, 0.2) is 0 Å². The van der Waals surface area contributed by atoms with Gasteiger partial charge in [-0.1, -0.05) is 12.2 Å². The van der Waals surface area contributed by atoms with Gasteiger partial charge >= 0.3 is 0 Å². The molecule has 1 amide bonds. The Hall–Kier alpha value is -2.25. The lowest BCUT2D eigenvalue weighted by molar-refractivity contribution is -0.384. The molecule has 0 bridgehead atoms. The second-order valence-corrected chi connectivity index (χ2v) is 4.42. The molecule has 114 valence electrons. The first-order valence-electron chi connectivity index (χ1n) is 6.43. The van der Waals surface area contributed by atoms with Crippen molar-refractivity contribution in [1.29, 1.82) is 0 Å². The summed E-state index contributed by atoms with van der Waals surface area (Å²) in [7, 11) is 0. The van der Waals surface area contributed by atoms with Crippen LogP contribution in [0.1, 0.15) is 25.0 Å². The van der Waals surface area contributed by atoms with E-state index in [1.807, 2.05) is 0 Å². The van der Waals surface area contributed by atoms with Crippen molar-refractivity contribution >= 4 is 11.6 Å². The zero-order valence-electron chi connectivity index (χ0n) is 11.6. The largest absolute Gasteiger partial charge is 0.394 e. The number of aliphatic hydroxyl groups excluding tert-OH is 2. The SMILES string of the molecule is C/C=C\CC(=O)N[C@H](CO)[C@@H](O)c1ccc([N+](=O)[O-])cc1. The molecule has 0 aliphatic heterocycles. The van der Waals surface area contributed by atoms with Crippen molar-refractivity contribution < 1.29 is 19.9 Å². The number of non-ortho nitro benzene ring substituents is 1. The molecule has 0 aliphatic carbocycles. The third kappa shape index (κ3) is 4.97. The summed E-state index contributed by atoms with van der Waals surface area (Å²) in [6.45, 7) is 1.34. The molecule has 0 saturated carbocycles. The fraction of sp³-hybridized carbons (Fsp3) is 0.357. The number of nitrogens with one attached hydrogen (secondary N) is 1. The van der Waals surface area contributed by atoms with Crippen LogP contribution in [-0.4, -0.2) is 33.7 Å². The van der Waals surface area contributed by atoms with Crippen LogP contribution in [0, 0.1) is 10.1 Å². The highest BCUT2D eigenvalue weighted by atomic mass is 16.6. The van der Waals surface area contributed by atoms with Gasteiger partial charge in [0.05, 0.1) is 17.6 Å². The average molecular weight is 294 g/mol. The summed E-state index contributed by atoms with van der Waals surface area (Å²) in [4.78, 5) is 21.6. The number of allylic oxidation sites excluding steroid dienone is 1. The molecule has 3 N–H and O–H groups in total. The van der Waals surface area contributed by atoms with Crippen LogP contribution < -0.4 is 5.32 Å². The quantitative estimate of drug-likeness (QED) is 0.395. The first-order valence-corrected chi connectivity index (χ1v) is 6.43. The van der Waals surface area contributed by atoms with Gasteiger partial charge in [0, 0.05) is 18.6 Å². The molecule has 1 aromatic rings. The second kappa shape index (κ2) is 8.13. The third-order valence-electron chi connectivity index (χ3n) is 2.91. The molecule has 1 rings (SSSR count). The van der Waals surface area contributed by atoms with Crippen molar-refractivity contribution in [3.8, 4) is 0 Å². The Labute approximate surface area is 122 Å². The maximum Gasteiger partial charge on any atom is 0.269 e. The smallest absolute Gasteiger partial charge is 0.269 e. The van der Waals surface area contributed by atoms with Crippen molar-refractivity contribution in [2.75, 3.05) is 6.61 Å². The van der Waals surface area contributed by atoms with Crippen LogP contribution in [0.15, 0.2) is 36.4 Å². The number of benzene rings is 1. The lowest BCUT2D eigenvalue weighted by atomic mass is 10.0. The number of carbonyl (C=O) groups is 1. The van der Waals surface area contributed by atoms with Gasteiger partial charge in [-0.05, 0) is 24.6 Å². The third-order valence-corrected chi connectivity index (χ3v) is 2.91. The zero-order valence-corrected chi connectivity index (χ0v) is 11.6. The summed E-state index contributed by atoms with van der Waals surface area (Å²) in [5, 5.41) is 32.5. The zero-order chi connectivity index (χ0) is 15.8. The molecule has 0 saturated heterocycles. The van der Waals surface area contributed by atoms with Gasteiger partial charge in [0.25, 0.3) is 5.69 Å². The molecule has 21 heavy (non-hydrogen) atoms. The fourth-order valence-electron chi connectivity index (χ4n) is 1.74. The van der Waals surface area contributed by atoms with Crippen LogP contribution in [-0.2, 0) is 4.79 Å². The highest BCUT2D eigenvalue weighted by Crippen LogP contribution is 2.20. The number of carbonyl (C=O) groups excluding carboxylic acids is 1. The number of nitro benzene ring substituents is 1. The first-order chi connectivity index (χ1) is 9.99. The first kappa shape index (κ1) is 16.8. The topological polar surface area (TPSA) is 113 Å². The lowest BCUT2D eigenvalue weighted by Crippen LogP contribution is -2.41. The minimum Gasteiger partial charge on any atom is -0.394 e. The summed E-state index contributed by atoms with van der Waals surface area (Å²) in [5.41, 5.74) is 0.287. The van der Waals surface area contributed by atoms with Gasteiger partial charge in [-0.15, -0.1) is 0 Å². The van der Waals surface area contributed by atoms with E-state index in [1.165, 1.54) is 24.3 Å². The molecular weight excluding hydrogens is 276 g/mol. The Morgan fingerprint density at radius 2 is 2.05 bits per heavy atom. The van der Waals surface area contributed by atoms with E-state index in [9.17, 15) is 25.1 Å². The number of aliphatic hydroxyl groups is 2. The van der Waals surface area contributed by atoms with Crippen LogP contribution in [0.2, 0.25) is 0 Å². The predicted molar refractivity (Wildman–Crippen MR) is 76.5 cm³/mol. The van der Waals surface area contributed by atoms with Crippen LogP contribution >= 0.6 is 0 Å². The van der Waals surface area contributed by atoms with Crippen LogP contribution in [0.3, 0.4) is 0 Å². The maximum absolute atomic E-state index is 11.6. The Balaban J connectivity index is 2.75. The molecule has 0 radical (unpaired) electrons. The van der Waals surface area contributed by atoms with Crippen molar-refractivity contribution in [2.24, 2.45) is 0 Å². The van der Waals surface area contributed by atoms with Gasteiger partial charge in [0.1, 0.15) is 6.10 Å². The van der Waals surface area contributed by atoms with Gasteiger partial charge in [0.2, 0.25) is 5.91 Å². The van der Waals surface area contributed by atoms with Gasteiger partial charge in [-0.2, -0.15) is 0 Å². The average Bonchev–Trinajstić information content (AvgIpc) is 2.50. The van der Waals surface area contributed by atoms with E-state index in [0.29, 0.717) is 5.56 Å². The molecule has 0 spiro atoms. The van der Waals surface area contributed by atoms with E-state index >= 15 is 0 Å². The Morgan fingerprint density at radius 1 is 1.43 bits per heavy atom. The molecule has 0 fully saturated rings. The van der Waals surface area contributed by atoms with E-state index < -0.39 is 23.7 Å². The number of amides is 1. The summed E-state index contributed by atoms with van der Waals surface area (Å²) in [6.07, 6.45) is 2.38. The fourth-order valence-corrected chi connectivity index (χ4v) is 1.74. The highest BCUT2D eigenvalue weighted by molar-refractivity contribution is 5.77. The summed E-state index contributed by atoms with van der Waals surface area (Å²) >= 11 is 0. The van der Waals surface area contributed by atoms with E-state index in [-0.39, 0.29) is 18.0 Å². The molecule has 7 heteroatoms. The van der Waals surface area contributed by atoms with E-state index in [4.69, 9.17) is 0 Å². The molecule has 2 atom stereocenters. The van der Waals surface area contributed by atoms with Crippen molar-refractivity contribution in [3.05, 3.63) is 52.1 Å². The van der Waals surface area contributed by atoms with Gasteiger partial charge in [-0.25, -0.2) is 0 Å². The summed E-state index contributed by atoms with van der Waals surface area (Å²) in [6, 6.07) is 4.43. The normalized spacial score (nSPS) is 13.9. The Bertz CT molecular complexity index is 513. The van der Waals surface area contributed by atoms with Crippen LogP contribution in [0.25, 0.3) is 0 Å². The van der Waals surface area contributed by atoms with E-state index in [2.05, 4.69) is 5.32 Å². The summed E-state index contributed by atoms with van der Waals surface area (Å²) in [5.74, 6) is -0.326. The molecule has 0 heterocycles. The Morgan fingerprint density at radius 3 is 2.52 bits per heavy atom. The number of hydrogen-bond donors (Lipinski definition) is 3. The van der Waals surface area contributed by atoms with Crippen molar-refractivity contribution in [1.82, 2.24) is 5.32 Å². The van der Waals surface area contributed by atoms with Gasteiger partial charge in [-0.3, -0.25) is 14.9 Å². The monoisotopic (exact) mass is 294 g/mol. The minimum atomic E-state index is -1.15. The van der Waals surface area contributed by atoms with Crippen LogP contribution in [0.5, 0.6) is 0 Å². The number of rotatable bonds is 7. The van der Waals surface area contributed by atoms with Gasteiger partial charge < -0.3 is 15.5 Å². The standard InChI is InChI=1S/C14H18N2O5/c1-2-3-4-13(18)15-12(9-17)14(19)10-5-7-11(8-6-10)16(20)21/h2-3,5-8,12,14,17,19H,4,9H2,1H3,(H,15,18)/b3-2-/t12-,14+/m1/s1. The van der Waals surface area contributed by atoms with Crippen LogP contribution in [0.4, 0.5) is 5.69 Å². The summed E-state index contributed by atoms with van der Waals surface area (Å²) < 4.78 is 0. The number of nitro groups is 1. The maximum atomic E-state index is 11.6. The molecule has 7 nitrogen and oxygen atoms in total. The van der Waals surface area contributed by atoms with Crippen molar-refractivity contribution in [2.45, 2.75) is 25.5 Å². The minimum absolute atomic E-state index is 0.0939. The van der Waals surface area contributed by atoms with E-state index in [0.717, 1.165) is 0 Å². The second-order valence-electron chi connectivity index (χ2n) is 4.42. The predicted octanol–water partition coefficient (Wildman–Crippen LogP) is 1.07. The molecule has 0 unspecified atom stereocenters. The number of nitrogens with zero attached hydrogens (tertiary/aromatic N) is 1. The Kier molecular flexibility index (Phi) is 6.51. The number of hydrogen-bond acceptors (Lipinski definition) is 5. The highest BCUT2D eigenvalue weighted by Gasteiger charge is 2.22. The molecule has 1 aromatic carbocycles. The van der Waals surface area contributed by atoms with E-state index in [1.54, 1.807) is 19.1 Å². The lowest BCUT2D eigenvalue weighted by Gasteiger charge is -2.22. The molecule has 0 aromatic heterocycles. The van der Waals surface area contributed by atoms with Crippen molar-refractivity contribution in [3.63, 3.8) is 0 Å².